The second-order valence-electron chi connectivity index (χ2n) is 9.25. The summed E-state index contributed by atoms with van der Waals surface area (Å²) in [6.07, 6.45) is 5.61. The van der Waals surface area contributed by atoms with E-state index in [9.17, 15) is 14.7 Å². The molecule has 2 fully saturated rings. The molecule has 2 aromatic rings. The molecule has 0 saturated carbocycles. The van der Waals surface area contributed by atoms with E-state index < -0.39 is 12.0 Å². The quantitative estimate of drug-likeness (QED) is 0.235. The number of aryl methyl sites for hydroxylation is 2. The summed E-state index contributed by atoms with van der Waals surface area (Å²) in [5.74, 6) is -0.447. The Morgan fingerprint density at radius 2 is 2.25 bits per heavy atom. The Morgan fingerprint density at radius 3 is 2.91 bits per heavy atom. The minimum Gasteiger partial charge on any atom is -0.393 e. The van der Waals surface area contributed by atoms with Crippen molar-refractivity contribution in [2.45, 2.75) is 57.1 Å². The number of aliphatic hydroxyl groups excluding tert-OH is 1. The van der Waals surface area contributed by atoms with Gasteiger partial charge in [0.1, 0.15) is 17.6 Å². The fourth-order valence-corrected chi connectivity index (χ4v) is 8.99. The van der Waals surface area contributed by atoms with Crippen LogP contribution in [0.1, 0.15) is 30.8 Å². The van der Waals surface area contributed by atoms with Crippen molar-refractivity contribution in [3.05, 3.63) is 33.7 Å². The van der Waals surface area contributed by atoms with Crippen molar-refractivity contribution >= 4 is 60.2 Å². The van der Waals surface area contributed by atoms with Crippen molar-refractivity contribution in [3.63, 3.8) is 0 Å². The van der Waals surface area contributed by atoms with Crippen molar-refractivity contribution in [2.24, 2.45) is 18.9 Å². The number of fused-ring (bicyclic) bond motifs is 2. The zero-order valence-corrected chi connectivity index (χ0v) is 22.3. The molecular weight excluding hydrogens is 559 g/mol. The van der Waals surface area contributed by atoms with Gasteiger partial charge >= 0.3 is 0 Å². The molecule has 1 amide bonds. The second-order valence-corrected chi connectivity index (χ2v) is 12.7. The molecule has 3 aliphatic rings. The van der Waals surface area contributed by atoms with Crippen LogP contribution < -0.4 is 9.88 Å². The van der Waals surface area contributed by atoms with E-state index in [1.165, 1.54) is 15.4 Å². The maximum Gasteiger partial charge on any atom is 0.249 e. The van der Waals surface area contributed by atoms with Crippen molar-refractivity contribution in [3.8, 4) is 0 Å². The van der Waals surface area contributed by atoms with Gasteiger partial charge in [-0.3, -0.25) is 9.59 Å². The van der Waals surface area contributed by atoms with Crippen LogP contribution in [0.2, 0.25) is 0 Å². The first-order valence-corrected chi connectivity index (χ1v) is 13.8. The number of rotatable bonds is 6. The fourth-order valence-electron chi connectivity index (χ4n) is 5.45. The van der Waals surface area contributed by atoms with E-state index in [4.69, 9.17) is 0 Å². The van der Waals surface area contributed by atoms with Crippen LogP contribution in [0, 0.1) is 18.8 Å². The summed E-state index contributed by atoms with van der Waals surface area (Å²) >= 11 is 5.41. The number of thiazole rings is 1. The first-order valence-electron chi connectivity index (χ1n) is 11.0. The van der Waals surface area contributed by atoms with E-state index in [0.717, 1.165) is 24.3 Å². The number of halogens is 1. The van der Waals surface area contributed by atoms with Gasteiger partial charge in [0, 0.05) is 57.7 Å². The minimum atomic E-state index is -0.693. The van der Waals surface area contributed by atoms with E-state index in [-0.39, 0.29) is 21.7 Å². The second kappa shape index (κ2) is 8.37. The largest absolute Gasteiger partial charge is 0.393 e. The normalized spacial score (nSPS) is 30.9. The van der Waals surface area contributed by atoms with Gasteiger partial charge < -0.3 is 15.3 Å². The van der Waals surface area contributed by atoms with E-state index in [1.54, 1.807) is 46.2 Å². The number of nitrogens with one attached hydrogen (secondary N) is 1. The number of thioether (sulfide) groups is 1. The molecular formula is C22H28IN4O3S2+. The van der Waals surface area contributed by atoms with Gasteiger partial charge in [0.15, 0.2) is 0 Å². The number of β-lactam (4-membered cyclic amide) rings is 1. The molecule has 10 heteroatoms. The Kier molecular flexibility index (Phi) is 5.97. The average molecular weight is 588 g/mol. The van der Waals surface area contributed by atoms with Crippen LogP contribution in [0.5, 0.6) is 0 Å². The summed E-state index contributed by atoms with van der Waals surface area (Å²) in [5, 5.41) is 14.1. The van der Waals surface area contributed by atoms with E-state index >= 15 is 0 Å². The van der Waals surface area contributed by atoms with Crippen molar-refractivity contribution in [1.82, 2.24) is 14.6 Å². The number of nitrogens with zero attached hydrogens (tertiary/aromatic N) is 3. The Labute approximate surface area is 209 Å². The van der Waals surface area contributed by atoms with Crippen molar-refractivity contribution in [1.29, 1.82) is 0 Å². The number of allylic oxidation sites excluding steroid dienone is 1. The van der Waals surface area contributed by atoms with Gasteiger partial charge in [0.2, 0.25) is 20.9 Å². The van der Waals surface area contributed by atoms with Gasteiger partial charge in [0.25, 0.3) is 0 Å². The lowest BCUT2D eigenvalue weighted by atomic mass is 9.79. The number of hydrogen-bond acceptors (Lipinski definition) is 6. The van der Waals surface area contributed by atoms with Gasteiger partial charge in [-0.05, 0) is 20.3 Å². The summed E-state index contributed by atoms with van der Waals surface area (Å²) < 4.78 is 4.25. The SMILES string of the molecule is Cc1c(C[C@@H]2C[C@H](SC3=C(C(=O)I)N4C(=O)[C@H]([C@@H](C)O)[C@H]4[C@H]3C)CN2)sc2c[n+](C)cn12. The number of aliphatic hydroxyl groups is 1. The molecule has 0 unspecified atom stereocenters. The molecule has 3 aliphatic heterocycles. The number of carbonyl (C=O) groups is 2. The molecule has 0 spiro atoms. The van der Waals surface area contributed by atoms with Crippen LogP contribution in [-0.4, -0.2) is 54.1 Å². The molecule has 6 atom stereocenters. The highest BCUT2D eigenvalue weighted by molar-refractivity contribution is 14.1. The third-order valence-corrected chi connectivity index (χ3v) is 10.3. The average Bonchev–Trinajstić information content (AvgIpc) is 3.42. The summed E-state index contributed by atoms with van der Waals surface area (Å²) in [6.45, 7) is 6.84. The molecule has 2 N–H and O–H groups in total. The highest BCUT2D eigenvalue weighted by atomic mass is 127. The van der Waals surface area contributed by atoms with E-state index in [2.05, 4.69) is 40.7 Å². The van der Waals surface area contributed by atoms with Crippen LogP contribution in [0.3, 0.4) is 0 Å². The first kappa shape index (κ1) is 22.8. The molecule has 0 aliphatic carbocycles. The van der Waals surface area contributed by atoms with Crippen molar-refractivity contribution < 1.29 is 19.3 Å². The molecule has 0 aromatic carbocycles. The minimum absolute atomic E-state index is 0.0760. The first-order chi connectivity index (χ1) is 15.2. The zero-order chi connectivity index (χ0) is 22.9. The Balaban J connectivity index is 1.29. The topological polar surface area (TPSA) is 77.9 Å². The molecule has 5 rings (SSSR count). The fraction of sp³-hybridized carbons (Fsp3) is 0.591. The lowest BCUT2D eigenvalue weighted by Gasteiger charge is -2.46. The Bertz CT molecular complexity index is 1140. The molecule has 2 saturated heterocycles. The van der Waals surface area contributed by atoms with Gasteiger partial charge in [-0.15, -0.1) is 11.8 Å². The van der Waals surface area contributed by atoms with Gasteiger partial charge in [-0.1, -0.05) is 18.3 Å². The van der Waals surface area contributed by atoms with Crippen molar-refractivity contribution in [2.75, 3.05) is 6.54 Å². The molecule has 172 valence electrons. The Hall–Kier alpha value is -0.950. The molecule has 5 heterocycles. The summed E-state index contributed by atoms with van der Waals surface area (Å²) in [6, 6.07) is 0.311. The maximum absolute atomic E-state index is 12.6. The maximum atomic E-state index is 12.6. The predicted molar refractivity (Wildman–Crippen MR) is 134 cm³/mol. The van der Waals surface area contributed by atoms with Gasteiger partial charge in [-0.25, -0.2) is 4.57 Å². The van der Waals surface area contributed by atoms with E-state index in [1.807, 2.05) is 18.4 Å². The summed E-state index contributed by atoms with van der Waals surface area (Å²) in [7, 11) is 2.05. The van der Waals surface area contributed by atoms with Crippen LogP contribution in [0.15, 0.2) is 23.1 Å². The number of imidazole rings is 1. The predicted octanol–water partition coefficient (Wildman–Crippen LogP) is 2.17. The summed E-state index contributed by atoms with van der Waals surface area (Å²) in [5.41, 5.74) is 1.86. The Morgan fingerprint density at radius 1 is 1.50 bits per heavy atom. The van der Waals surface area contributed by atoms with Gasteiger partial charge in [0.05, 0.1) is 30.0 Å². The molecule has 2 aromatic heterocycles. The number of amides is 1. The lowest BCUT2D eigenvalue weighted by molar-refractivity contribution is -0.670. The third-order valence-electron chi connectivity index (χ3n) is 7.04. The molecule has 32 heavy (non-hydrogen) atoms. The highest BCUT2D eigenvalue weighted by Crippen LogP contribution is 2.52. The monoisotopic (exact) mass is 587 g/mol. The van der Waals surface area contributed by atoms with E-state index in [0.29, 0.717) is 17.0 Å². The highest BCUT2D eigenvalue weighted by Gasteiger charge is 2.59. The zero-order valence-electron chi connectivity index (χ0n) is 18.5. The number of aromatic nitrogens is 2. The number of carbonyl (C=O) groups excluding carboxylic acids is 2. The lowest BCUT2D eigenvalue weighted by Crippen LogP contribution is -2.63. The summed E-state index contributed by atoms with van der Waals surface area (Å²) in [4.78, 5) is 30.4. The molecule has 0 bridgehead atoms. The third kappa shape index (κ3) is 3.57. The molecule has 7 nitrogen and oxygen atoms in total. The van der Waals surface area contributed by atoms with Crippen LogP contribution >= 0.6 is 45.7 Å². The molecule has 0 radical (unpaired) electrons. The van der Waals surface area contributed by atoms with Gasteiger partial charge in [-0.2, -0.15) is 4.40 Å². The standard InChI is InChI=1S/C22H28IN4O3S2/c1-10-18-17(12(3)28)22(30)27(18)19(21(23)29)20(10)31-14-5-13(24-7-14)6-15-11(2)26-9-25(4)8-16(26)32-15/h8-10,12-14,17-18,24,28H,5-7H2,1-4H3/q+1/t10-,12-,13+,14+,17-,18-/m1/s1. The van der Waals surface area contributed by atoms with Crippen LogP contribution in [0.25, 0.3) is 4.83 Å². The van der Waals surface area contributed by atoms with Crippen LogP contribution in [0.4, 0.5) is 0 Å². The smallest absolute Gasteiger partial charge is 0.249 e. The number of hydrogen-bond donors (Lipinski definition) is 2. The van der Waals surface area contributed by atoms with Crippen LogP contribution in [-0.2, 0) is 23.1 Å².